The van der Waals surface area contributed by atoms with Crippen LogP contribution in [0.1, 0.15) is 30.6 Å². The molecule has 0 heterocycles. The lowest BCUT2D eigenvalue weighted by Gasteiger charge is -2.25. The molecule has 0 aliphatic carbocycles. The van der Waals surface area contributed by atoms with E-state index >= 15 is 0 Å². The van der Waals surface area contributed by atoms with Crippen molar-refractivity contribution in [1.82, 2.24) is 4.90 Å². The Hall–Kier alpha value is -1.75. The van der Waals surface area contributed by atoms with Gasteiger partial charge in [-0.1, -0.05) is 13.8 Å². The van der Waals surface area contributed by atoms with E-state index < -0.39 is 5.97 Å². The van der Waals surface area contributed by atoms with Crippen molar-refractivity contribution in [3.8, 4) is 0 Å². The highest BCUT2D eigenvalue weighted by atomic mass is 16.4. The smallest absolute Gasteiger partial charge is 0.337 e. The number of anilines is 2. The molecule has 0 saturated carbocycles. The number of aromatic carboxylic acids is 1. The van der Waals surface area contributed by atoms with Gasteiger partial charge in [-0.3, -0.25) is 0 Å². The fourth-order valence-corrected chi connectivity index (χ4v) is 2.28. The second kappa shape index (κ2) is 7.14. The normalized spacial score (nSPS) is 12.7. The van der Waals surface area contributed by atoms with Crippen LogP contribution in [-0.4, -0.2) is 42.7 Å². The summed E-state index contributed by atoms with van der Waals surface area (Å²) in [6.07, 6.45) is 0.964. The highest BCUT2D eigenvalue weighted by Crippen LogP contribution is 2.22. The summed E-state index contributed by atoms with van der Waals surface area (Å²) in [4.78, 5) is 13.4. The summed E-state index contributed by atoms with van der Waals surface area (Å²) in [5, 5.41) is 12.6. The Labute approximate surface area is 120 Å². The zero-order chi connectivity index (χ0) is 15.3. The van der Waals surface area contributed by atoms with Crippen molar-refractivity contribution >= 4 is 17.3 Å². The number of rotatable bonds is 7. The van der Waals surface area contributed by atoms with E-state index in [9.17, 15) is 9.90 Å². The molecule has 0 aliphatic rings. The van der Waals surface area contributed by atoms with Crippen molar-refractivity contribution in [2.75, 3.05) is 31.7 Å². The number of nitrogens with two attached hydrogens (primary N) is 1. The van der Waals surface area contributed by atoms with Crippen LogP contribution in [0.3, 0.4) is 0 Å². The van der Waals surface area contributed by atoms with Gasteiger partial charge in [-0.2, -0.15) is 0 Å². The standard InChI is InChI=1S/C15H25N3O2/c1-10(2)7-12(9-18(3)4)17-14-8-11(16)5-6-13(14)15(19)20/h5-6,8,10,12,17H,7,9,16H2,1-4H3,(H,19,20). The number of hydrogen-bond donors (Lipinski definition) is 3. The predicted octanol–water partition coefficient (Wildman–Crippen LogP) is 2.36. The average Bonchev–Trinajstić information content (AvgIpc) is 2.26. The van der Waals surface area contributed by atoms with Gasteiger partial charge < -0.3 is 21.1 Å². The minimum Gasteiger partial charge on any atom is -0.478 e. The van der Waals surface area contributed by atoms with Crippen LogP contribution in [0.15, 0.2) is 18.2 Å². The maximum atomic E-state index is 11.3. The SMILES string of the molecule is CC(C)CC(CN(C)C)Nc1cc(N)ccc1C(=O)O. The Balaban J connectivity index is 2.96. The van der Waals surface area contributed by atoms with Crippen LogP contribution in [0.2, 0.25) is 0 Å². The summed E-state index contributed by atoms with van der Waals surface area (Å²) >= 11 is 0. The number of carboxylic acids is 1. The largest absolute Gasteiger partial charge is 0.478 e. The molecule has 0 spiro atoms. The predicted molar refractivity (Wildman–Crippen MR) is 83.2 cm³/mol. The van der Waals surface area contributed by atoms with Gasteiger partial charge in [0.2, 0.25) is 0 Å². The van der Waals surface area contributed by atoms with Gasteiger partial charge >= 0.3 is 5.97 Å². The van der Waals surface area contributed by atoms with E-state index in [4.69, 9.17) is 5.73 Å². The van der Waals surface area contributed by atoms with Gasteiger partial charge in [0.15, 0.2) is 0 Å². The second-order valence-corrected chi connectivity index (χ2v) is 5.84. The molecule has 0 aromatic heterocycles. The third kappa shape index (κ3) is 5.09. The van der Waals surface area contributed by atoms with Crippen molar-refractivity contribution in [2.24, 2.45) is 5.92 Å². The van der Waals surface area contributed by atoms with Crippen molar-refractivity contribution in [3.05, 3.63) is 23.8 Å². The summed E-state index contributed by atoms with van der Waals surface area (Å²) in [6, 6.07) is 5.02. The number of nitrogens with zero attached hydrogens (tertiary/aromatic N) is 1. The molecule has 112 valence electrons. The molecule has 1 rings (SSSR count). The first-order valence-corrected chi connectivity index (χ1v) is 6.83. The lowest BCUT2D eigenvalue weighted by atomic mass is 10.0. The van der Waals surface area contributed by atoms with Crippen molar-refractivity contribution in [2.45, 2.75) is 26.3 Å². The quantitative estimate of drug-likeness (QED) is 0.668. The summed E-state index contributed by atoms with van der Waals surface area (Å²) in [5.41, 5.74) is 7.17. The van der Waals surface area contributed by atoms with Crippen molar-refractivity contribution in [1.29, 1.82) is 0 Å². The third-order valence-electron chi connectivity index (χ3n) is 2.98. The Morgan fingerprint density at radius 3 is 2.55 bits per heavy atom. The van der Waals surface area contributed by atoms with Gasteiger partial charge in [0, 0.05) is 18.3 Å². The molecule has 0 aliphatic heterocycles. The second-order valence-electron chi connectivity index (χ2n) is 5.84. The topological polar surface area (TPSA) is 78.6 Å². The fraction of sp³-hybridized carbons (Fsp3) is 0.533. The number of likely N-dealkylation sites (N-methyl/N-ethyl adjacent to an activating group) is 1. The first-order valence-electron chi connectivity index (χ1n) is 6.83. The van der Waals surface area contributed by atoms with Gasteiger partial charge in [-0.25, -0.2) is 4.79 Å². The highest BCUT2D eigenvalue weighted by molar-refractivity contribution is 5.95. The molecule has 0 saturated heterocycles. The molecule has 0 bridgehead atoms. The van der Waals surface area contributed by atoms with Crippen LogP contribution in [-0.2, 0) is 0 Å². The van der Waals surface area contributed by atoms with E-state index in [-0.39, 0.29) is 11.6 Å². The molecule has 1 aromatic rings. The monoisotopic (exact) mass is 279 g/mol. The van der Waals surface area contributed by atoms with E-state index in [1.54, 1.807) is 18.2 Å². The molecule has 1 aromatic carbocycles. The van der Waals surface area contributed by atoms with Gasteiger partial charge in [0.25, 0.3) is 0 Å². The molecule has 5 heteroatoms. The fourth-order valence-electron chi connectivity index (χ4n) is 2.28. The maximum absolute atomic E-state index is 11.3. The number of hydrogen-bond acceptors (Lipinski definition) is 4. The number of carboxylic acid groups (broad SMARTS) is 1. The zero-order valence-corrected chi connectivity index (χ0v) is 12.7. The first kappa shape index (κ1) is 16.3. The zero-order valence-electron chi connectivity index (χ0n) is 12.7. The van der Waals surface area contributed by atoms with Crippen LogP contribution in [0.5, 0.6) is 0 Å². The maximum Gasteiger partial charge on any atom is 0.337 e. The minimum absolute atomic E-state index is 0.185. The minimum atomic E-state index is -0.944. The van der Waals surface area contributed by atoms with Crippen LogP contribution >= 0.6 is 0 Å². The Morgan fingerprint density at radius 2 is 2.05 bits per heavy atom. The van der Waals surface area contributed by atoms with E-state index in [0.717, 1.165) is 13.0 Å². The molecular formula is C15H25N3O2. The van der Waals surface area contributed by atoms with Crippen LogP contribution in [0.4, 0.5) is 11.4 Å². The van der Waals surface area contributed by atoms with Gasteiger partial charge in [0.1, 0.15) is 0 Å². The number of nitrogens with one attached hydrogen (secondary N) is 1. The van der Waals surface area contributed by atoms with Gasteiger partial charge in [-0.05, 0) is 44.6 Å². The summed E-state index contributed by atoms with van der Waals surface area (Å²) in [5.74, 6) is -0.414. The molecule has 0 amide bonds. The Bertz CT molecular complexity index is 448. The third-order valence-corrected chi connectivity index (χ3v) is 2.98. The van der Waals surface area contributed by atoms with Gasteiger partial charge in [-0.15, -0.1) is 0 Å². The van der Waals surface area contributed by atoms with E-state index in [2.05, 4.69) is 24.1 Å². The molecule has 1 atom stereocenters. The number of carbonyl (C=O) groups is 1. The highest BCUT2D eigenvalue weighted by Gasteiger charge is 2.16. The molecule has 5 nitrogen and oxygen atoms in total. The molecule has 0 radical (unpaired) electrons. The summed E-state index contributed by atoms with van der Waals surface area (Å²) in [7, 11) is 4.01. The lowest BCUT2D eigenvalue weighted by Crippen LogP contribution is -2.34. The average molecular weight is 279 g/mol. The summed E-state index contributed by atoms with van der Waals surface area (Å²) < 4.78 is 0. The van der Waals surface area contributed by atoms with Crippen molar-refractivity contribution < 1.29 is 9.90 Å². The Kier molecular flexibility index (Phi) is 5.82. The first-order chi connectivity index (χ1) is 9.29. The molecular weight excluding hydrogens is 254 g/mol. The van der Waals surface area contributed by atoms with Crippen LogP contribution in [0, 0.1) is 5.92 Å². The van der Waals surface area contributed by atoms with E-state index in [1.807, 2.05) is 14.1 Å². The molecule has 20 heavy (non-hydrogen) atoms. The summed E-state index contributed by atoms with van der Waals surface area (Å²) in [6.45, 7) is 5.15. The molecule has 0 fully saturated rings. The Morgan fingerprint density at radius 1 is 1.40 bits per heavy atom. The molecule has 1 unspecified atom stereocenters. The van der Waals surface area contributed by atoms with Crippen LogP contribution in [0.25, 0.3) is 0 Å². The van der Waals surface area contributed by atoms with Crippen LogP contribution < -0.4 is 11.1 Å². The molecule has 4 N–H and O–H groups in total. The number of nitrogen functional groups attached to an aromatic ring is 1. The lowest BCUT2D eigenvalue weighted by molar-refractivity contribution is 0.0698. The van der Waals surface area contributed by atoms with E-state index in [1.165, 1.54) is 0 Å². The number of benzene rings is 1. The van der Waals surface area contributed by atoms with E-state index in [0.29, 0.717) is 17.3 Å². The van der Waals surface area contributed by atoms with Crippen molar-refractivity contribution in [3.63, 3.8) is 0 Å². The van der Waals surface area contributed by atoms with Gasteiger partial charge in [0.05, 0.1) is 11.3 Å².